The molecule has 19 heavy (non-hydrogen) atoms. The molecule has 0 radical (unpaired) electrons. The molecule has 0 bridgehead atoms. The van der Waals surface area contributed by atoms with Gasteiger partial charge in [0.05, 0.1) is 5.75 Å². The normalized spacial score (nSPS) is 14.4. The van der Waals surface area contributed by atoms with Crippen LogP contribution in [0.3, 0.4) is 0 Å². The lowest BCUT2D eigenvalue weighted by Gasteiger charge is -2.12. The summed E-state index contributed by atoms with van der Waals surface area (Å²) in [6.45, 7) is -0.0123. The summed E-state index contributed by atoms with van der Waals surface area (Å²) >= 11 is 1.39. The number of carbonyl (C=O) groups excluding carboxylic acids is 2. The van der Waals surface area contributed by atoms with E-state index in [-0.39, 0.29) is 18.4 Å². The van der Waals surface area contributed by atoms with Crippen LogP contribution >= 0.6 is 11.8 Å². The van der Waals surface area contributed by atoms with Crippen LogP contribution in [0.1, 0.15) is 5.56 Å². The molecule has 2 amide bonds. The van der Waals surface area contributed by atoms with Gasteiger partial charge >= 0.3 is 0 Å². The summed E-state index contributed by atoms with van der Waals surface area (Å²) in [5, 5.41) is 7.21. The number of likely N-dealkylation sites (N-methyl/N-ethyl adjacent to an activating group) is 1. The third-order valence-corrected chi connectivity index (χ3v) is 3.38. The third-order valence-electron chi connectivity index (χ3n) is 2.37. The Morgan fingerprint density at radius 3 is 2.79 bits per heavy atom. The molecule has 0 unspecified atom stereocenters. The van der Waals surface area contributed by atoms with E-state index in [4.69, 9.17) is 4.74 Å². The predicted octanol–water partition coefficient (Wildman–Crippen LogP) is 0.336. The molecule has 6 nitrogen and oxygen atoms in total. The van der Waals surface area contributed by atoms with Gasteiger partial charge in [0.1, 0.15) is 10.8 Å². The third kappa shape index (κ3) is 3.72. The summed E-state index contributed by atoms with van der Waals surface area (Å²) in [5.41, 5.74) is 3.34. The van der Waals surface area contributed by atoms with Gasteiger partial charge in [0.15, 0.2) is 6.61 Å². The molecule has 0 aromatic heterocycles. The summed E-state index contributed by atoms with van der Waals surface area (Å²) in [6, 6.07) is 7.19. The standard InChI is InChI=1S/C12H13N3O3S/c1-13-10(16)6-18-9-4-2-8(3-5-9)12-15-14-11(17)7-19-12/h2-5H,6-7H2,1H3,(H,13,16)(H,14,17). The van der Waals surface area contributed by atoms with Gasteiger partial charge in [-0.15, -0.1) is 0 Å². The number of hydrazone groups is 1. The van der Waals surface area contributed by atoms with Gasteiger partial charge in [0.25, 0.3) is 11.8 Å². The molecule has 1 aromatic carbocycles. The summed E-state index contributed by atoms with van der Waals surface area (Å²) in [4.78, 5) is 22.0. The van der Waals surface area contributed by atoms with Crippen LogP contribution in [0.5, 0.6) is 5.75 Å². The lowest BCUT2D eigenvalue weighted by Crippen LogP contribution is -2.26. The maximum Gasteiger partial charge on any atom is 0.257 e. The largest absolute Gasteiger partial charge is 0.484 e. The molecule has 0 atom stereocenters. The zero-order valence-electron chi connectivity index (χ0n) is 10.3. The molecule has 2 rings (SSSR count). The van der Waals surface area contributed by atoms with E-state index in [9.17, 15) is 9.59 Å². The molecule has 0 fully saturated rings. The van der Waals surface area contributed by atoms with Crippen LogP contribution in [0, 0.1) is 0 Å². The van der Waals surface area contributed by atoms with E-state index in [1.807, 2.05) is 12.1 Å². The predicted molar refractivity (Wildman–Crippen MR) is 73.1 cm³/mol. The van der Waals surface area contributed by atoms with E-state index in [0.717, 1.165) is 10.6 Å². The van der Waals surface area contributed by atoms with Crippen LogP contribution in [0.15, 0.2) is 29.4 Å². The number of carbonyl (C=O) groups is 2. The van der Waals surface area contributed by atoms with Crippen molar-refractivity contribution in [3.63, 3.8) is 0 Å². The smallest absolute Gasteiger partial charge is 0.257 e. The Balaban J connectivity index is 1.98. The van der Waals surface area contributed by atoms with Crippen LogP contribution < -0.4 is 15.5 Å². The number of rotatable bonds is 4. The first-order valence-corrected chi connectivity index (χ1v) is 6.61. The first-order chi connectivity index (χ1) is 9.19. The van der Waals surface area contributed by atoms with Crippen molar-refractivity contribution in [2.45, 2.75) is 0 Å². The molecule has 1 aromatic rings. The minimum atomic E-state index is -0.181. The highest BCUT2D eigenvalue weighted by molar-refractivity contribution is 8.15. The fraction of sp³-hybridized carbons (Fsp3) is 0.250. The summed E-state index contributed by atoms with van der Waals surface area (Å²) in [6.07, 6.45) is 0. The Morgan fingerprint density at radius 1 is 1.47 bits per heavy atom. The van der Waals surface area contributed by atoms with E-state index >= 15 is 0 Å². The van der Waals surface area contributed by atoms with Crippen molar-refractivity contribution in [3.8, 4) is 5.75 Å². The molecular weight excluding hydrogens is 266 g/mol. The first kappa shape index (κ1) is 13.4. The zero-order chi connectivity index (χ0) is 13.7. The topological polar surface area (TPSA) is 79.8 Å². The first-order valence-electron chi connectivity index (χ1n) is 5.62. The number of nitrogens with zero attached hydrogens (tertiary/aromatic N) is 1. The fourth-order valence-electron chi connectivity index (χ4n) is 1.37. The molecule has 1 heterocycles. The monoisotopic (exact) mass is 279 g/mol. The molecule has 0 spiro atoms. The fourth-order valence-corrected chi connectivity index (χ4v) is 2.12. The quantitative estimate of drug-likeness (QED) is 0.832. The second-order valence-electron chi connectivity index (χ2n) is 3.73. The Kier molecular flexibility index (Phi) is 4.40. The molecule has 2 N–H and O–H groups in total. The molecule has 0 aliphatic carbocycles. The summed E-state index contributed by atoms with van der Waals surface area (Å²) in [5.74, 6) is 0.699. The Labute approximate surface area is 114 Å². The van der Waals surface area contributed by atoms with Crippen molar-refractivity contribution < 1.29 is 14.3 Å². The van der Waals surface area contributed by atoms with Crippen molar-refractivity contribution >= 4 is 28.6 Å². The van der Waals surface area contributed by atoms with Gasteiger partial charge in [0.2, 0.25) is 0 Å². The van der Waals surface area contributed by atoms with Gasteiger partial charge in [-0.3, -0.25) is 9.59 Å². The molecule has 1 aliphatic rings. The summed E-state index contributed by atoms with van der Waals surface area (Å²) < 4.78 is 5.29. The number of hydrogen-bond acceptors (Lipinski definition) is 5. The second-order valence-corrected chi connectivity index (χ2v) is 4.69. The van der Waals surface area contributed by atoms with Crippen molar-refractivity contribution in [3.05, 3.63) is 29.8 Å². The van der Waals surface area contributed by atoms with Crippen molar-refractivity contribution in [2.24, 2.45) is 5.10 Å². The molecule has 100 valence electrons. The van der Waals surface area contributed by atoms with Crippen molar-refractivity contribution in [2.75, 3.05) is 19.4 Å². The highest BCUT2D eigenvalue weighted by Gasteiger charge is 2.13. The Hall–Kier alpha value is -2.02. The van der Waals surface area contributed by atoms with E-state index in [2.05, 4.69) is 15.8 Å². The van der Waals surface area contributed by atoms with Gasteiger partial charge < -0.3 is 10.1 Å². The maximum absolute atomic E-state index is 11.0. The number of benzene rings is 1. The minimum absolute atomic E-state index is 0.0123. The number of ether oxygens (including phenoxy) is 1. The minimum Gasteiger partial charge on any atom is -0.484 e. The zero-order valence-corrected chi connectivity index (χ0v) is 11.1. The average molecular weight is 279 g/mol. The SMILES string of the molecule is CNC(=O)COc1ccc(C2=NNC(=O)CS2)cc1. The Bertz CT molecular complexity index is 513. The van der Waals surface area contributed by atoms with Gasteiger partial charge in [-0.2, -0.15) is 5.10 Å². The number of nitrogens with one attached hydrogen (secondary N) is 2. The van der Waals surface area contributed by atoms with Crippen LogP contribution in [-0.4, -0.2) is 36.3 Å². The number of amides is 2. The average Bonchev–Trinajstić information content (AvgIpc) is 2.46. The van der Waals surface area contributed by atoms with E-state index in [1.165, 1.54) is 11.8 Å². The molecular formula is C12H13N3O3S. The van der Waals surface area contributed by atoms with Crippen LogP contribution in [0.25, 0.3) is 0 Å². The lowest BCUT2D eigenvalue weighted by atomic mass is 10.2. The van der Waals surface area contributed by atoms with Crippen molar-refractivity contribution in [1.82, 2.24) is 10.7 Å². The molecule has 1 aliphatic heterocycles. The van der Waals surface area contributed by atoms with E-state index in [0.29, 0.717) is 11.5 Å². The Morgan fingerprint density at radius 2 is 2.21 bits per heavy atom. The highest BCUT2D eigenvalue weighted by atomic mass is 32.2. The van der Waals surface area contributed by atoms with Crippen LogP contribution in [0.4, 0.5) is 0 Å². The van der Waals surface area contributed by atoms with Gasteiger partial charge in [-0.1, -0.05) is 11.8 Å². The lowest BCUT2D eigenvalue weighted by molar-refractivity contribution is -0.122. The van der Waals surface area contributed by atoms with E-state index < -0.39 is 0 Å². The maximum atomic E-state index is 11.0. The molecule has 0 saturated carbocycles. The molecule has 0 saturated heterocycles. The van der Waals surface area contributed by atoms with Crippen molar-refractivity contribution in [1.29, 1.82) is 0 Å². The summed E-state index contributed by atoms with van der Waals surface area (Å²) in [7, 11) is 1.56. The molecule has 7 heteroatoms. The number of hydrogen-bond donors (Lipinski definition) is 2. The number of thioether (sulfide) groups is 1. The van der Waals surface area contributed by atoms with Crippen LogP contribution in [-0.2, 0) is 9.59 Å². The highest BCUT2D eigenvalue weighted by Crippen LogP contribution is 2.19. The van der Waals surface area contributed by atoms with Crippen LogP contribution in [0.2, 0.25) is 0 Å². The van der Waals surface area contributed by atoms with Gasteiger partial charge in [-0.05, 0) is 24.3 Å². The van der Waals surface area contributed by atoms with Gasteiger partial charge in [0, 0.05) is 12.6 Å². The van der Waals surface area contributed by atoms with Gasteiger partial charge in [-0.25, -0.2) is 5.43 Å². The van der Waals surface area contributed by atoms with E-state index in [1.54, 1.807) is 19.2 Å². The second kappa shape index (κ2) is 6.24.